The maximum Gasteiger partial charge on any atom is 0.309 e. The number of carbonyl (C=O) groups excluding carboxylic acids is 2. The van der Waals surface area contributed by atoms with Gasteiger partial charge in [0.05, 0.1) is 25.3 Å². The van der Waals surface area contributed by atoms with Crippen molar-refractivity contribution in [1.29, 1.82) is 10.7 Å². The summed E-state index contributed by atoms with van der Waals surface area (Å²) in [7, 11) is 0. The minimum Gasteiger partial charge on any atom is -0.460 e. The van der Waals surface area contributed by atoms with Crippen LogP contribution in [0.15, 0.2) is 35.9 Å². The van der Waals surface area contributed by atoms with Gasteiger partial charge in [-0.3, -0.25) is 25.3 Å². The molecule has 2 heterocycles. The molecule has 150 valence electrons. The lowest BCUT2D eigenvalue weighted by Crippen LogP contribution is -2.50. The molecule has 0 aromatic rings. The quantitative estimate of drug-likeness (QED) is 0.301. The Labute approximate surface area is 163 Å². The number of amides is 1. The molecule has 1 atom stereocenters. The van der Waals surface area contributed by atoms with Crippen LogP contribution in [-0.2, 0) is 19.1 Å². The molecule has 28 heavy (non-hydrogen) atoms. The topological polar surface area (TPSA) is 140 Å². The Bertz CT molecular complexity index is 772. The highest BCUT2D eigenvalue weighted by Crippen LogP contribution is 2.15. The van der Waals surface area contributed by atoms with Gasteiger partial charge in [0.2, 0.25) is 0 Å². The molecule has 2 aliphatic heterocycles. The number of nitrogens with zero attached hydrogens (tertiary/aromatic N) is 2. The first-order chi connectivity index (χ1) is 13.2. The summed E-state index contributed by atoms with van der Waals surface area (Å²) in [6.07, 6.45) is 4.92. The smallest absolute Gasteiger partial charge is 0.309 e. The van der Waals surface area contributed by atoms with Crippen molar-refractivity contribution >= 4 is 17.7 Å². The summed E-state index contributed by atoms with van der Waals surface area (Å²) >= 11 is 0. The van der Waals surface area contributed by atoms with Crippen LogP contribution in [-0.4, -0.2) is 47.5 Å². The van der Waals surface area contributed by atoms with Gasteiger partial charge in [0.15, 0.2) is 0 Å². The van der Waals surface area contributed by atoms with Crippen LogP contribution in [0.3, 0.4) is 0 Å². The Morgan fingerprint density at radius 1 is 1.57 bits per heavy atom. The Kier molecular flexibility index (Phi) is 6.79. The zero-order valence-corrected chi connectivity index (χ0v) is 16.0. The maximum absolute atomic E-state index is 12.5. The molecule has 10 nitrogen and oxygen atoms in total. The molecular weight excluding hydrogens is 364 g/mol. The normalized spacial score (nSPS) is 19.7. The number of nitrogens with one attached hydrogen (secondary N) is 4. The SMILES string of the molecule is CC(C)(C)OC(=O)CC1OCCN(C(=N)/C=C\NC2=CNNC(C#N)=C2)C1=O. The molecule has 0 saturated carbocycles. The molecule has 0 radical (unpaired) electrons. The van der Waals surface area contributed by atoms with Crippen molar-refractivity contribution in [2.24, 2.45) is 0 Å². The van der Waals surface area contributed by atoms with E-state index < -0.39 is 23.6 Å². The third kappa shape index (κ3) is 6.14. The van der Waals surface area contributed by atoms with Crippen molar-refractivity contribution in [3.05, 3.63) is 35.9 Å². The number of hydrazine groups is 1. The van der Waals surface area contributed by atoms with Crippen molar-refractivity contribution < 1.29 is 19.1 Å². The highest BCUT2D eigenvalue weighted by Gasteiger charge is 2.34. The molecule has 0 aliphatic carbocycles. The molecule has 1 fully saturated rings. The second-order valence-corrected chi connectivity index (χ2v) is 7.04. The zero-order chi connectivity index (χ0) is 20.7. The lowest BCUT2D eigenvalue weighted by Gasteiger charge is -2.31. The molecule has 1 saturated heterocycles. The minimum absolute atomic E-state index is 0.0398. The standard InChI is InChI=1S/C18H24N6O4/c1-18(2,3)28-16(25)9-14-17(26)24(6-7-27-14)15(20)4-5-21-13-8-12(10-19)23-22-11-13/h4-5,8,11,14,20-23H,6-7,9H2,1-3H3/b5-4-,20-15?. The number of esters is 1. The Morgan fingerprint density at radius 3 is 3.00 bits per heavy atom. The van der Waals surface area contributed by atoms with Crippen LogP contribution < -0.4 is 16.2 Å². The van der Waals surface area contributed by atoms with Gasteiger partial charge in [-0.15, -0.1) is 0 Å². The van der Waals surface area contributed by atoms with Crippen molar-refractivity contribution in [3.8, 4) is 6.07 Å². The summed E-state index contributed by atoms with van der Waals surface area (Å²) in [5.74, 6) is -1.02. The first-order valence-electron chi connectivity index (χ1n) is 8.69. The second-order valence-electron chi connectivity index (χ2n) is 7.04. The van der Waals surface area contributed by atoms with Crippen molar-refractivity contribution in [2.75, 3.05) is 13.2 Å². The third-order valence-electron chi connectivity index (χ3n) is 3.58. The number of hydrogen-bond donors (Lipinski definition) is 4. The number of allylic oxidation sites excluding steroid dienone is 2. The van der Waals surface area contributed by atoms with E-state index in [2.05, 4.69) is 16.2 Å². The lowest BCUT2D eigenvalue weighted by atomic mass is 10.1. The zero-order valence-electron chi connectivity index (χ0n) is 16.0. The Hall–Kier alpha value is -3.32. The van der Waals surface area contributed by atoms with E-state index in [1.165, 1.54) is 17.2 Å². The van der Waals surface area contributed by atoms with Crippen molar-refractivity contribution in [3.63, 3.8) is 0 Å². The van der Waals surface area contributed by atoms with Crippen LogP contribution in [0, 0.1) is 16.7 Å². The van der Waals surface area contributed by atoms with Gasteiger partial charge in [0.25, 0.3) is 5.91 Å². The number of amidine groups is 1. The van der Waals surface area contributed by atoms with Crippen LogP contribution in [0.5, 0.6) is 0 Å². The fourth-order valence-corrected chi connectivity index (χ4v) is 2.44. The molecule has 0 spiro atoms. The first-order valence-corrected chi connectivity index (χ1v) is 8.69. The number of morpholine rings is 1. The lowest BCUT2D eigenvalue weighted by molar-refractivity contribution is -0.165. The summed E-state index contributed by atoms with van der Waals surface area (Å²) in [4.78, 5) is 25.7. The number of hydrogen-bond acceptors (Lipinski definition) is 9. The third-order valence-corrected chi connectivity index (χ3v) is 3.58. The van der Waals surface area contributed by atoms with Gasteiger partial charge in [-0.05, 0) is 32.9 Å². The maximum atomic E-state index is 12.5. The van der Waals surface area contributed by atoms with Gasteiger partial charge in [0.1, 0.15) is 29.3 Å². The highest BCUT2D eigenvalue weighted by molar-refractivity contribution is 6.04. The van der Waals surface area contributed by atoms with E-state index in [4.69, 9.17) is 20.1 Å². The van der Waals surface area contributed by atoms with Gasteiger partial charge >= 0.3 is 5.97 Å². The number of carbonyl (C=O) groups is 2. The first kappa shape index (κ1) is 21.0. The van der Waals surface area contributed by atoms with Gasteiger partial charge < -0.3 is 20.2 Å². The summed E-state index contributed by atoms with van der Waals surface area (Å²) in [5, 5.41) is 19.9. The van der Waals surface area contributed by atoms with Gasteiger partial charge in [-0.25, -0.2) is 0 Å². The van der Waals surface area contributed by atoms with E-state index in [9.17, 15) is 9.59 Å². The Morgan fingerprint density at radius 2 is 2.32 bits per heavy atom. The average molecular weight is 388 g/mol. The molecule has 0 aromatic carbocycles. The highest BCUT2D eigenvalue weighted by atomic mass is 16.6. The molecule has 0 aromatic heterocycles. The van der Waals surface area contributed by atoms with Crippen molar-refractivity contribution in [1.82, 2.24) is 21.1 Å². The van der Waals surface area contributed by atoms with Crippen molar-refractivity contribution in [2.45, 2.75) is 38.9 Å². The minimum atomic E-state index is -0.970. The molecule has 1 unspecified atom stereocenters. The second kappa shape index (κ2) is 9.05. The summed E-state index contributed by atoms with van der Waals surface area (Å²) in [6, 6.07) is 1.96. The molecular formula is C18H24N6O4. The van der Waals surface area contributed by atoms with Gasteiger partial charge in [-0.2, -0.15) is 5.26 Å². The summed E-state index contributed by atoms with van der Waals surface area (Å²) in [6.45, 7) is 5.68. The predicted molar refractivity (Wildman–Crippen MR) is 100.0 cm³/mol. The number of nitriles is 1. The van der Waals surface area contributed by atoms with Gasteiger partial charge in [0, 0.05) is 12.4 Å². The fraction of sp³-hybridized carbons (Fsp3) is 0.444. The summed E-state index contributed by atoms with van der Waals surface area (Å²) in [5.41, 5.74) is 5.66. The number of rotatable bonds is 5. The largest absolute Gasteiger partial charge is 0.460 e. The number of ether oxygens (including phenoxy) is 2. The van der Waals surface area contributed by atoms with E-state index in [1.54, 1.807) is 33.0 Å². The molecule has 2 rings (SSSR count). The monoisotopic (exact) mass is 388 g/mol. The molecule has 0 bridgehead atoms. The predicted octanol–water partition coefficient (Wildman–Crippen LogP) is 0.383. The Balaban J connectivity index is 1.91. The molecule has 2 aliphatic rings. The molecule has 1 amide bonds. The van der Waals surface area contributed by atoms with E-state index in [0.29, 0.717) is 11.4 Å². The van der Waals surface area contributed by atoms with E-state index >= 15 is 0 Å². The van der Waals surface area contributed by atoms with Crippen LogP contribution in [0.4, 0.5) is 0 Å². The fourth-order valence-electron chi connectivity index (χ4n) is 2.44. The summed E-state index contributed by atoms with van der Waals surface area (Å²) < 4.78 is 10.6. The van der Waals surface area contributed by atoms with Crippen LogP contribution in [0.1, 0.15) is 27.2 Å². The van der Waals surface area contributed by atoms with Crippen LogP contribution in [0.2, 0.25) is 0 Å². The van der Waals surface area contributed by atoms with Gasteiger partial charge in [-0.1, -0.05) is 0 Å². The van der Waals surface area contributed by atoms with Crippen LogP contribution in [0.25, 0.3) is 0 Å². The molecule has 10 heteroatoms. The van der Waals surface area contributed by atoms with Crippen LogP contribution >= 0.6 is 0 Å². The van der Waals surface area contributed by atoms with E-state index in [1.807, 2.05) is 6.07 Å². The molecule has 4 N–H and O–H groups in total. The van der Waals surface area contributed by atoms with E-state index in [-0.39, 0.29) is 25.4 Å². The average Bonchev–Trinajstić information content (AvgIpc) is 2.62. The van der Waals surface area contributed by atoms with E-state index in [0.717, 1.165) is 0 Å².